The van der Waals surface area contributed by atoms with Crippen molar-refractivity contribution < 1.29 is 65.4 Å². The number of carboxylic acids is 2. The summed E-state index contributed by atoms with van der Waals surface area (Å²) < 4.78 is 0. The van der Waals surface area contributed by atoms with Gasteiger partial charge in [-0.2, -0.15) is 5.26 Å². The third kappa shape index (κ3) is 11.0. The van der Waals surface area contributed by atoms with E-state index in [-0.39, 0.29) is 62.8 Å². The first-order valence-corrected chi connectivity index (χ1v) is 16.1. The van der Waals surface area contributed by atoms with Gasteiger partial charge < -0.3 is 51.1 Å². The predicted octanol–water partition coefficient (Wildman–Crippen LogP) is 4.84. The van der Waals surface area contributed by atoms with Crippen molar-refractivity contribution >= 4 is 46.4 Å². The van der Waals surface area contributed by atoms with E-state index in [0.29, 0.717) is 33.2 Å². The fourth-order valence-corrected chi connectivity index (χ4v) is 5.68. The number of carbonyl (C=O) groups excluding carboxylic acids is 1. The van der Waals surface area contributed by atoms with E-state index in [1.807, 2.05) is 0 Å². The number of rotatable bonds is 5. The van der Waals surface area contributed by atoms with Gasteiger partial charge in [-0.1, -0.05) is 0 Å². The maximum absolute atomic E-state index is 10.7. The molecule has 0 aliphatic carbocycles. The number of phenols is 8. The third-order valence-corrected chi connectivity index (χ3v) is 8.28. The summed E-state index contributed by atoms with van der Waals surface area (Å²) in [4.78, 5) is 39.3. The number of aliphatic carboxylic acids is 1. The molecule has 10 N–H and O–H groups in total. The summed E-state index contributed by atoms with van der Waals surface area (Å²) in [5.41, 5.74) is 1.13. The highest BCUT2D eigenvalue weighted by Crippen LogP contribution is 2.34. The minimum Gasteiger partial charge on any atom is -0.508 e. The van der Waals surface area contributed by atoms with Crippen LogP contribution < -0.4 is 0 Å². The molecule has 0 saturated carbocycles. The Bertz CT molecular complexity index is 2160. The Morgan fingerprint density at radius 1 is 0.731 bits per heavy atom. The summed E-state index contributed by atoms with van der Waals surface area (Å²) >= 11 is 2.40. The van der Waals surface area contributed by atoms with Crippen molar-refractivity contribution in [3.8, 4) is 62.6 Å². The molecule has 1 aliphatic heterocycles. The minimum absolute atomic E-state index is 0.0420. The van der Waals surface area contributed by atoms with Gasteiger partial charge in [0.2, 0.25) is 0 Å². The van der Waals surface area contributed by atoms with Crippen LogP contribution in [0.2, 0.25) is 0 Å². The normalized spacial score (nSPS) is 12.6. The van der Waals surface area contributed by atoms with Gasteiger partial charge in [0.05, 0.1) is 16.7 Å². The fraction of sp³-hybridized carbons (Fsp3) is 0.0588. The topological polar surface area (TPSA) is 303 Å². The van der Waals surface area contributed by atoms with Crippen molar-refractivity contribution in [1.82, 2.24) is 4.98 Å². The molecule has 268 valence electrons. The Morgan fingerprint density at radius 2 is 1.25 bits per heavy atom. The SMILES string of the molecule is N#Cc1ccc(O)cc1O.O=C(O)C1CSC(c2ccc(O)cc2O)=N1.O=C(O)c1csc(-c2ccc(O)cc2O)n1.O=Cc1ccc(O)cc1O. The lowest BCUT2D eigenvalue weighted by molar-refractivity contribution is -0.137. The smallest absolute Gasteiger partial charge is 0.355 e. The first kappa shape index (κ1) is 39.5. The largest absolute Gasteiger partial charge is 0.508 e. The monoisotopic (exact) mass is 749 g/mol. The van der Waals surface area contributed by atoms with Crippen molar-refractivity contribution in [1.29, 1.82) is 5.26 Å². The number of nitriles is 1. The van der Waals surface area contributed by atoms with Gasteiger partial charge >= 0.3 is 11.9 Å². The number of aliphatic imine (C=N–C) groups is 1. The van der Waals surface area contributed by atoms with Crippen LogP contribution in [0.1, 0.15) is 32.0 Å². The number of carboxylic acid groups (broad SMARTS) is 2. The van der Waals surface area contributed by atoms with Gasteiger partial charge in [0.1, 0.15) is 62.1 Å². The van der Waals surface area contributed by atoms with Crippen LogP contribution in [-0.4, -0.2) is 91.1 Å². The first-order valence-electron chi connectivity index (χ1n) is 14.2. The second-order valence-corrected chi connectivity index (χ2v) is 11.9. The molecule has 0 spiro atoms. The number of aromatic carboxylic acids is 1. The van der Waals surface area contributed by atoms with Crippen LogP contribution in [0.3, 0.4) is 0 Å². The Balaban J connectivity index is 0.000000192. The van der Waals surface area contributed by atoms with E-state index < -0.39 is 18.0 Å². The summed E-state index contributed by atoms with van der Waals surface area (Å²) in [6, 6.07) is 16.8. The number of thioether (sulfide) groups is 1. The van der Waals surface area contributed by atoms with Crippen molar-refractivity contribution in [3.05, 3.63) is 101 Å². The van der Waals surface area contributed by atoms with E-state index in [0.717, 1.165) is 23.5 Å². The Labute approximate surface area is 301 Å². The van der Waals surface area contributed by atoms with Crippen LogP contribution in [0.4, 0.5) is 0 Å². The van der Waals surface area contributed by atoms with Crippen LogP contribution in [0, 0.1) is 11.3 Å². The maximum Gasteiger partial charge on any atom is 0.355 e. The number of nitrogens with zero attached hydrogens (tertiary/aromatic N) is 3. The van der Waals surface area contributed by atoms with Crippen molar-refractivity contribution in [2.75, 3.05) is 5.75 Å². The van der Waals surface area contributed by atoms with Gasteiger partial charge in [-0.25, -0.2) is 14.6 Å². The third-order valence-electron chi connectivity index (χ3n) is 6.33. The molecule has 18 heteroatoms. The van der Waals surface area contributed by atoms with Crippen molar-refractivity contribution in [2.45, 2.75) is 6.04 Å². The van der Waals surface area contributed by atoms with Crippen LogP contribution in [-0.2, 0) is 4.79 Å². The number of aldehydes is 1. The number of hydrogen-bond donors (Lipinski definition) is 10. The molecule has 6 rings (SSSR count). The molecule has 0 amide bonds. The fourth-order valence-electron chi connectivity index (χ4n) is 3.79. The van der Waals surface area contributed by atoms with Gasteiger partial charge in [-0.15, -0.1) is 23.1 Å². The zero-order valence-electron chi connectivity index (χ0n) is 26.2. The number of carbonyl (C=O) groups is 3. The highest BCUT2D eigenvalue weighted by Gasteiger charge is 2.26. The molecule has 5 aromatic rings. The van der Waals surface area contributed by atoms with Crippen LogP contribution in [0.5, 0.6) is 46.0 Å². The van der Waals surface area contributed by atoms with Crippen LogP contribution in [0.25, 0.3) is 10.6 Å². The number of benzene rings is 4. The Hall–Kier alpha value is -6.97. The molecule has 0 fully saturated rings. The van der Waals surface area contributed by atoms with Gasteiger partial charge in [-0.3, -0.25) is 9.79 Å². The molecule has 52 heavy (non-hydrogen) atoms. The summed E-state index contributed by atoms with van der Waals surface area (Å²) in [6.07, 6.45) is 0.523. The molecule has 2 heterocycles. The Morgan fingerprint density at radius 3 is 1.69 bits per heavy atom. The van der Waals surface area contributed by atoms with Crippen molar-refractivity contribution in [2.24, 2.45) is 4.99 Å². The summed E-state index contributed by atoms with van der Waals surface area (Å²) in [6.45, 7) is 0. The molecular formula is C34H27N3O13S2. The first-order chi connectivity index (χ1) is 24.6. The van der Waals surface area contributed by atoms with Gasteiger partial charge in [0, 0.05) is 41.0 Å². The van der Waals surface area contributed by atoms with Gasteiger partial charge in [-0.05, 0) is 48.5 Å². The molecular weight excluding hydrogens is 723 g/mol. The maximum atomic E-state index is 10.7. The van der Waals surface area contributed by atoms with E-state index in [2.05, 4.69) is 9.98 Å². The number of aromatic nitrogens is 1. The van der Waals surface area contributed by atoms with Crippen LogP contribution >= 0.6 is 23.1 Å². The lowest BCUT2D eigenvalue weighted by Gasteiger charge is -2.03. The average molecular weight is 750 g/mol. The summed E-state index contributed by atoms with van der Waals surface area (Å²) in [5.74, 6) is -2.54. The van der Waals surface area contributed by atoms with E-state index in [1.165, 1.54) is 77.8 Å². The molecule has 1 aliphatic rings. The van der Waals surface area contributed by atoms with Gasteiger partial charge in [0.15, 0.2) is 18.0 Å². The van der Waals surface area contributed by atoms with E-state index in [1.54, 1.807) is 6.07 Å². The second kappa shape index (κ2) is 18.1. The molecule has 16 nitrogen and oxygen atoms in total. The van der Waals surface area contributed by atoms with E-state index >= 15 is 0 Å². The average Bonchev–Trinajstić information content (AvgIpc) is 3.78. The lowest BCUT2D eigenvalue weighted by Crippen LogP contribution is -2.17. The molecule has 1 aromatic heterocycles. The van der Waals surface area contributed by atoms with E-state index in [9.17, 15) is 24.6 Å². The standard InChI is InChI=1S/C10H9NO4S.C10H7NO4S.C7H5NO2.C7H6O3/c2*12-5-1-2-6(8(13)3-5)9-11-7(4-16-9)10(14)15;2*8-4-5-1-2-6(9)3-7(5)10/h1-3,7,12-13H,4H2,(H,14,15);1-4,12-13H,(H,14,15);1-3,9-10H;1-4,9-10H. The molecule has 4 aromatic carbocycles. The highest BCUT2D eigenvalue weighted by atomic mass is 32.2. The lowest BCUT2D eigenvalue weighted by atomic mass is 10.2. The quantitative estimate of drug-likeness (QED) is 0.107. The number of aromatic hydroxyl groups is 8. The Kier molecular flexibility index (Phi) is 13.8. The summed E-state index contributed by atoms with van der Waals surface area (Å²) in [7, 11) is 0. The molecule has 1 unspecified atom stereocenters. The van der Waals surface area contributed by atoms with Crippen LogP contribution in [0.15, 0.2) is 83.2 Å². The molecule has 0 bridgehead atoms. The highest BCUT2D eigenvalue weighted by molar-refractivity contribution is 8.14. The summed E-state index contributed by atoms with van der Waals surface area (Å²) in [5, 5.41) is 101. The second-order valence-electron chi connectivity index (χ2n) is 10.0. The molecule has 0 saturated heterocycles. The zero-order valence-corrected chi connectivity index (χ0v) is 27.9. The molecule has 1 atom stereocenters. The number of phenolic OH excluding ortho intramolecular Hbond substituents is 8. The molecule has 0 radical (unpaired) electrons. The predicted molar refractivity (Wildman–Crippen MR) is 188 cm³/mol. The van der Waals surface area contributed by atoms with E-state index in [4.69, 9.17) is 46.1 Å². The zero-order chi connectivity index (χ0) is 38.5. The number of hydrogen-bond acceptors (Lipinski definition) is 16. The number of thiazole rings is 1. The van der Waals surface area contributed by atoms with Gasteiger partial charge in [0.25, 0.3) is 0 Å². The minimum atomic E-state index is -1.11. The van der Waals surface area contributed by atoms with Crippen molar-refractivity contribution in [3.63, 3.8) is 0 Å².